The number of benzene rings is 1. The number of aliphatic carboxylic acids is 3. The van der Waals surface area contributed by atoms with Crippen LogP contribution in [-0.4, -0.2) is 86.6 Å². The summed E-state index contributed by atoms with van der Waals surface area (Å²) in [7, 11) is 0. The first-order valence-electron chi connectivity index (χ1n) is 10.5. The van der Waals surface area contributed by atoms with Gasteiger partial charge in [-0.25, -0.2) is 4.79 Å². The predicted octanol–water partition coefficient (Wildman–Crippen LogP) is 1.45. The van der Waals surface area contributed by atoms with Gasteiger partial charge in [-0.3, -0.25) is 19.2 Å². The van der Waals surface area contributed by atoms with Crippen LogP contribution in [0.2, 0.25) is 0 Å². The maximum atomic E-state index is 12.4. The largest absolute Gasteiger partial charge is 0.488 e. The van der Waals surface area contributed by atoms with Crippen molar-refractivity contribution in [3.63, 3.8) is 0 Å². The Morgan fingerprint density at radius 3 is 1.79 bits per heavy atom. The number of ether oxygens (including phenoxy) is 1. The van der Waals surface area contributed by atoms with E-state index in [1.165, 1.54) is 0 Å². The van der Waals surface area contributed by atoms with E-state index < -0.39 is 36.4 Å². The first kappa shape index (κ1) is 28.5. The Labute approximate surface area is 196 Å². The van der Waals surface area contributed by atoms with E-state index in [0.717, 1.165) is 19.6 Å². The molecule has 1 aromatic carbocycles. The van der Waals surface area contributed by atoms with Crippen molar-refractivity contribution in [1.29, 1.82) is 0 Å². The van der Waals surface area contributed by atoms with E-state index in [1.807, 2.05) is 0 Å². The van der Waals surface area contributed by atoms with Crippen LogP contribution in [-0.2, 0) is 19.1 Å². The lowest BCUT2D eigenvalue weighted by molar-refractivity contribution is -0.170. The van der Waals surface area contributed by atoms with Gasteiger partial charge >= 0.3 is 17.9 Å². The zero-order valence-electron chi connectivity index (χ0n) is 19.2. The van der Waals surface area contributed by atoms with Gasteiger partial charge in [0.25, 0.3) is 0 Å². The standard InChI is InChI=1S/C17H21NO3.C6H8O7/c1-4-18(5-2)10-11-21-17-12(3)15(19)13-8-6-7-9-14(13)16(17)20;7-3(8)1-6(13,5(11)12)2-4(9)10/h6-9H,4-5,10-11H2,1-3H3;13H,1-2H2,(H,7,8)(H,9,10)(H,11,12). The van der Waals surface area contributed by atoms with Crippen LogP contribution in [0, 0.1) is 0 Å². The summed E-state index contributed by atoms with van der Waals surface area (Å²) in [6.07, 6.45) is -2.29. The van der Waals surface area contributed by atoms with Gasteiger partial charge in [0, 0.05) is 23.2 Å². The Hall–Kier alpha value is -3.57. The topological polar surface area (TPSA) is 179 Å². The number of likely N-dealkylation sites (N-methyl/N-ethyl adjacent to an activating group) is 1. The Kier molecular flexibility index (Phi) is 10.6. The fourth-order valence-corrected chi connectivity index (χ4v) is 3.18. The molecule has 0 saturated heterocycles. The summed E-state index contributed by atoms with van der Waals surface area (Å²) in [6.45, 7) is 8.85. The first-order valence-corrected chi connectivity index (χ1v) is 10.5. The lowest BCUT2D eigenvalue weighted by Crippen LogP contribution is -2.42. The minimum atomic E-state index is -2.74. The summed E-state index contributed by atoms with van der Waals surface area (Å²) in [4.78, 5) is 57.4. The average molecular weight is 479 g/mol. The molecule has 0 atom stereocenters. The highest BCUT2D eigenvalue weighted by Crippen LogP contribution is 2.26. The number of Topliss-reactive ketones (excluding diaryl/α,β-unsaturated/α-hetero) is 2. The molecule has 34 heavy (non-hydrogen) atoms. The number of hydrogen-bond acceptors (Lipinski definition) is 8. The van der Waals surface area contributed by atoms with Crippen molar-refractivity contribution in [3.05, 3.63) is 46.7 Å². The fourth-order valence-electron chi connectivity index (χ4n) is 3.18. The Morgan fingerprint density at radius 2 is 1.38 bits per heavy atom. The molecule has 1 aliphatic rings. The molecule has 0 spiro atoms. The van der Waals surface area contributed by atoms with Gasteiger partial charge in [0.2, 0.25) is 5.78 Å². The summed E-state index contributed by atoms with van der Waals surface area (Å²) in [6, 6.07) is 6.89. The molecular weight excluding hydrogens is 450 g/mol. The van der Waals surface area contributed by atoms with E-state index in [2.05, 4.69) is 18.7 Å². The van der Waals surface area contributed by atoms with Gasteiger partial charge in [0.15, 0.2) is 17.1 Å². The Balaban J connectivity index is 0.000000385. The summed E-state index contributed by atoms with van der Waals surface area (Å²) in [5.74, 6) is -5.13. The number of aliphatic hydroxyl groups is 1. The minimum absolute atomic E-state index is 0.122. The lowest BCUT2D eigenvalue weighted by Gasteiger charge is -2.22. The highest BCUT2D eigenvalue weighted by atomic mass is 16.5. The van der Waals surface area contributed by atoms with Gasteiger partial charge in [-0.1, -0.05) is 38.1 Å². The molecule has 11 nitrogen and oxygen atoms in total. The number of ketones is 2. The molecule has 0 aromatic heterocycles. The number of hydrogen-bond donors (Lipinski definition) is 4. The Bertz CT molecular complexity index is 962. The molecule has 0 radical (unpaired) electrons. The molecule has 0 amide bonds. The van der Waals surface area contributed by atoms with Crippen molar-refractivity contribution in [2.45, 2.75) is 39.2 Å². The van der Waals surface area contributed by atoms with Gasteiger partial charge in [0.05, 0.1) is 12.8 Å². The number of carboxylic acids is 3. The first-order chi connectivity index (χ1) is 15.9. The number of carboxylic acid groups (broad SMARTS) is 3. The summed E-state index contributed by atoms with van der Waals surface area (Å²) in [5, 5.41) is 33.8. The van der Waals surface area contributed by atoms with Crippen LogP contribution in [0.15, 0.2) is 35.6 Å². The van der Waals surface area contributed by atoms with Crippen LogP contribution in [0.25, 0.3) is 0 Å². The number of allylic oxidation sites excluding steroid dienone is 2. The van der Waals surface area contributed by atoms with E-state index in [-0.39, 0.29) is 17.3 Å². The molecule has 2 rings (SSSR count). The zero-order valence-corrected chi connectivity index (χ0v) is 19.2. The van der Waals surface area contributed by atoms with Crippen molar-refractivity contribution >= 4 is 29.5 Å². The second-order valence-corrected chi connectivity index (χ2v) is 7.51. The molecule has 0 heterocycles. The zero-order chi connectivity index (χ0) is 26.1. The second kappa shape index (κ2) is 12.6. The predicted molar refractivity (Wildman–Crippen MR) is 119 cm³/mol. The number of carbonyl (C=O) groups is 5. The number of rotatable bonds is 11. The molecule has 0 unspecified atom stereocenters. The summed E-state index contributed by atoms with van der Waals surface area (Å²) in [5.41, 5.74) is -1.43. The maximum absolute atomic E-state index is 12.4. The van der Waals surface area contributed by atoms with Crippen molar-refractivity contribution in [3.8, 4) is 0 Å². The third-order valence-corrected chi connectivity index (χ3v) is 5.14. The third-order valence-electron chi connectivity index (χ3n) is 5.14. The molecule has 1 aliphatic carbocycles. The maximum Gasteiger partial charge on any atom is 0.336 e. The van der Waals surface area contributed by atoms with Crippen molar-refractivity contribution in [2.75, 3.05) is 26.2 Å². The third kappa shape index (κ3) is 7.49. The van der Waals surface area contributed by atoms with Crippen LogP contribution >= 0.6 is 0 Å². The molecule has 11 heteroatoms. The van der Waals surface area contributed by atoms with Gasteiger partial charge < -0.3 is 30.1 Å². The smallest absolute Gasteiger partial charge is 0.336 e. The summed E-state index contributed by atoms with van der Waals surface area (Å²) >= 11 is 0. The van der Waals surface area contributed by atoms with E-state index in [0.29, 0.717) is 23.3 Å². The van der Waals surface area contributed by atoms with Crippen LogP contribution in [0.1, 0.15) is 54.3 Å². The van der Waals surface area contributed by atoms with E-state index in [9.17, 15) is 24.0 Å². The molecular formula is C23H29NO10. The van der Waals surface area contributed by atoms with E-state index in [4.69, 9.17) is 25.2 Å². The molecule has 0 aliphatic heterocycles. The molecule has 186 valence electrons. The Morgan fingerprint density at radius 1 is 0.912 bits per heavy atom. The van der Waals surface area contributed by atoms with Gasteiger partial charge in [-0.05, 0) is 20.0 Å². The summed E-state index contributed by atoms with van der Waals surface area (Å²) < 4.78 is 5.64. The van der Waals surface area contributed by atoms with Crippen LogP contribution in [0.4, 0.5) is 0 Å². The normalized spacial score (nSPS) is 13.2. The fraction of sp³-hybridized carbons (Fsp3) is 0.435. The van der Waals surface area contributed by atoms with Crippen LogP contribution in [0.5, 0.6) is 0 Å². The van der Waals surface area contributed by atoms with Gasteiger partial charge in [0.1, 0.15) is 6.61 Å². The van der Waals surface area contributed by atoms with E-state index in [1.54, 1.807) is 31.2 Å². The molecule has 0 bridgehead atoms. The quantitative estimate of drug-likeness (QED) is 0.361. The van der Waals surface area contributed by atoms with Crippen molar-refractivity contribution in [2.24, 2.45) is 0 Å². The highest BCUT2D eigenvalue weighted by molar-refractivity contribution is 6.25. The molecule has 0 fully saturated rings. The monoisotopic (exact) mass is 479 g/mol. The molecule has 4 N–H and O–H groups in total. The minimum Gasteiger partial charge on any atom is -0.488 e. The average Bonchev–Trinajstić information content (AvgIpc) is 2.76. The van der Waals surface area contributed by atoms with Crippen molar-refractivity contribution < 1.29 is 49.1 Å². The van der Waals surface area contributed by atoms with Crippen LogP contribution in [0.3, 0.4) is 0 Å². The van der Waals surface area contributed by atoms with Gasteiger partial charge in [-0.2, -0.15) is 0 Å². The number of fused-ring (bicyclic) bond motifs is 1. The van der Waals surface area contributed by atoms with Crippen molar-refractivity contribution in [1.82, 2.24) is 4.90 Å². The molecule has 0 saturated carbocycles. The van der Waals surface area contributed by atoms with Crippen LogP contribution < -0.4 is 0 Å². The SMILES string of the molecule is CCN(CC)CCOC1=C(C)C(=O)c2ccccc2C1=O.O=C(O)CC(O)(CC(=O)O)C(=O)O. The second-order valence-electron chi connectivity index (χ2n) is 7.51. The molecule has 1 aromatic rings. The lowest BCUT2D eigenvalue weighted by atomic mass is 9.89. The van der Waals surface area contributed by atoms with E-state index >= 15 is 0 Å². The number of nitrogens with zero attached hydrogens (tertiary/aromatic N) is 1. The highest BCUT2D eigenvalue weighted by Gasteiger charge is 2.40. The number of carbonyl (C=O) groups excluding carboxylic acids is 2. The van der Waals surface area contributed by atoms with Gasteiger partial charge in [-0.15, -0.1) is 0 Å².